The predicted molar refractivity (Wildman–Crippen MR) is 152 cm³/mol. The highest BCUT2D eigenvalue weighted by Crippen LogP contribution is 2.22. The lowest BCUT2D eigenvalue weighted by Crippen LogP contribution is -2.50. The third-order valence-electron chi connectivity index (χ3n) is 7.13. The number of urea groups is 1. The minimum absolute atomic E-state index is 0.0252. The molecule has 0 aliphatic carbocycles. The number of nitrogens with zero attached hydrogens (tertiary/aromatic N) is 4. The molecule has 3 aromatic rings. The molecule has 1 aliphatic rings. The number of benzene rings is 2. The van der Waals surface area contributed by atoms with E-state index in [0.29, 0.717) is 5.76 Å². The number of rotatable bonds is 10. The van der Waals surface area contributed by atoms with E-state index in [1.165, 1.54) is 39.9 Å². The van der Waals surface area contributed by atoms with Gasteiger partial charge in [0.15, 0.2) is 23.2 Å². The van der Waals surface area contributed by atoms with Crippen molar-refractivity contribution in [1.82, 2.24) is 25.2 Å². The number of amides is 5. The first-order valence-electron chi connectivity index (χ1n) is 13.8. The number of carbonyl (C=O) groups excluding carboxylic acids is 3. The molecule has 13 nitrogen and oxygen atoms in total. The van der Waals surface area contributed by atoms with Crippen molar-refractivity contribution >= 4 is 29.9 Å². The predicted octanol–water partition coefficient (Wildman–Crippen LogP) is 3.98. The van der Waals surface area contributed by atoms with Crippen molar-refractivity contribution in [3.8, 4) is 11.3 Å². The average Bonchev–Trinajstić information content (AvgIpc) is 3.50. The van der Waals surface area contributed by atoms with Gasteiger partial charge in [-0.3, -0.25) is 10.1 Å². The normalized spacial score (nSPS) is 13.6. The summed E-state index contributed by atoms with van der Waals surface area (Å²) in [4.78, 5) is 53.5. The van der Waals surface area contributed by atoms with E-state index < -0.39 is 35.9 Å². The molecule has 1 fully saturated rings. The lowest BCUT2D eigenvalue weighted by atomic mass is 10.1. The Kier molecular flexibility index (Phi) is 10.7. The summed E-state index contributed by atoms with van der Waals surface area (Å²) >= 11 is 0. The second-order valence-electron chi connectivity index (χ2n) is 9.99. The largest absolute Gasteiger partial charge is 0.465 e. The number of carboxylic acid groups (broad SMARTS) is 1. The number of aromatic nitrogens is 1. The van der Waals surface area contributed by atoms with Crippen LogP contribution in [-0.4, -0.2) is 95.0 Å². The molecule has 2 aromatic carbocycles. The molecule has 3 N–H and O–H groups in total. The molecule has 44 heavy (non-hydrogen) atoms. The van der Waals surface area contributed by atoms with E-state index in [1.807, 2.05) is 30.3 Å². The Labute approximate surface area is 251 Å². The summed E-state index contributed by atoms with van der Waals surface area (Å²) in [5, 5.41) is 17.9. The lowest BCUT2D eigenvalue weighted by molar-refractivity contribution is -0.133. The van der Waals surface area contributed by atoms with Crippen molar-refractivity contribution < 1.29 is 42.3 Å². The fraction of sp³-hybridized carbons (Fsp3) is 0.345. The van der Waals surface area contributed by atoms with Gasteiger partial charge in [-0.05, 0) is 12.5 Å². The van der Waals surface area contributed by atoms with Crippen LogP contribution in [0.3, 0.4) is 0 Å². The smallest absolute Gasteiger partial charge is 0.412 e. The first-order chi connectivity index (χ1) is 21.1. The molecule has 15 heteroatoms. The van der Waals surface area contributed by atoms with Crippen LogP contribution in [0.5, 0.6) is 0 Å². The van der Waals surface area contributed by atoms with Crippen LogP contribution < -0.4 is 10.6 Å². The third-order valence-corrected chi connectivity index (χ3v) is 7.13. The zero-order valence-electron chi connectivity index (χ0n) is 23.9. The Morgan fingerprint density at radius 2 is 1.75 bits per heavy atom. The monoisotopic (exact) mass is 614 g/mol. The van der Waals surface area contributed by atoms with Crippen LogP contribution in [0.1, 0.15) is 18.4 Å². The SMILES string of the molecule is CN(C(=O)NCc1cccc(F)c1F)[C@@H](CCC(=O)N1CCN(C(=O)O)CC1)COC(=O)Nc1cc(-c2ccccc2)on1. The fourth-order valence-corrected chi connectivity index (χ4v) is 4.52. The van der Waals surface area contributed by atoms with Crippen LogP contribution in [-0.2, 0) is 16.1 Å². The van der Waals surface area contributed by atoms with Gasteiger partial charge >= 0.3 is 18.2 Å². The number of ether oxygens (including phenoxy) is 1. The molecule has 0 bridgehead atoms. The van der Waals surface area contributed by atoms with E-state index in [0.717, 1.165) is 11.6 Å². The Balaban J connectivity index is 1.36. The van der Waals surface area contributed by atoms with Crippen molar-refractivity contribution in [2.24, 2.45) is 0 Å². The molecular formula is C29H32F2N6O7. The number of anilines is 1. The minimum atomic E-state index is -1.08. The molecule has 5 amide bonds. The molecule has 234 valence electrons. The van der Waals surface area contributed by atoms with Gasteiger partial charge in [-0.15, -0.1) is 0 Å². The molecule has 0 radical (unpaired) electrons. The molecule has 0 spiro atoms. The van der Waals surface area contributed by atoms with Gasteiger partial charge in [-0.25, -0.2) is 23.2 Å². The number of hydrogen-bond donors (Lipinski definition) is 3. The van der Waals surface area contributed by atoms with Crippen LogP contribution in [0.2, 0.25) is 0 Å². The first kappa shape index (κ1) is 31.7. The van der Waals surface area contributed by atoms with E-state index in [9.17, 15) is 28.0 Å². The molecule has 4 rings (SSSR count). The number of halogens is 2. The van der Waals surface area contributed by atoms with E-state index >= 15 is 0 Å². The van der Waals surface area contributed by atoms with E-state index in [4.69, 9.17) is 14.4 Å². The highest BCUT2D eigenvalue weighted by molar-refractivity contribution is 5.84. The summed E-state index contributed by atoms with van der Waals surface area (Å²) < 4.78 is 38.2. The van der Waals surface area contributed by atoms with Gasteiger partial charge in [0.05, 0.1) is 6.04 Å². The van der Waals surface area contributed by atoms with Crippen LogP contribution in [0, 0.1) is 11.6 Å². The minimum Gasteiger partial charge on any atom is -0.465 e. The summed E-state index contributed by atoms with van der Waals surface area (Å²) in [6.07, 6.45) is -1.87. The van der Waals surface area contributed by atoms with Crippen LogP contribution in [0.4, 0.5) is 29.0 Å². The summed E-state index contributed by atoms with van der Waals surface area (Å²) in [7, 11) is 1.42. The van der Waals surface area contributed by atoms with Crippen molar-refractivity contribution in [2.75, 3.05) is 45.2 Å². The molecule has 1 aromatic heterocycles. The number of likely N-dealkylation sites (N-methyl/N-ethyl adjacent to an activating group) is 1. The standard InChI is InChI=1S/C29H32F2N6O7/c1-35(27(39)32-17-20-8-5-9-22(30)26(20)31)21(10-11-25(38)36-12-14-37(15-13-36)29(41)42)18-43-28(40)33-24-16-23(44-34-24)19-6-3-2-4-7-19/h2-9,16,21H,10-15,17-18H2,1H3,(H,32,39)(H,41,42)(H,33,34,40)/t21-/m0/s1. The highest BCUT2D eigenvalue weighted by atomic mass is 19.2. The Bertz CT molecular complexity index is 1460. The molecule has 0 saturated carbocycles. The highest BCUT2D eigenvalue weighted by Gasteiger charge is 2.27. The summed E-state index contributed by atoms with van der Waals surface area (Å²) in [5.41, 5.74) is 0.693. The molecule has 1 saturated heterocycles. The number of nitrogens with one attached hydrogen (secondary N) is 2. The Hall–Kier alpha value is -5.21. The zero-order valence-corrected chi connectivity index (χ0v) is 23.9. The molecule has 2 heterocycles. The van der Waals surface area contributed by atoms with Gasteiger partial charge in [0, 0.05) is 63.4 Å². The first-order valence-corrected chi connectivity index (χ1v) is 13.8. The number of hydrogen-bond acceptors (Lipinski definition) is 7. The van der Waals surface area contributed by atoms with E-state index in [1.54, 1.807) is 0 Å². The lowest BCUT2D eigenvalue weighted by Gasteiger charge is -2.34. The fourth-order valence-electron chi connectivity index (χ4n) is 4.52. The van der Waals surface area contributed by atoms with Gasteiger partial charge < -0.3 is 34.4 Å². The molecular weight excluding hydrogens is 582 g/mol. The topological polar surface area (TPSA) is 158 Å². The van der Waals surface area contributed by atoms with E-state index in [2.05, 4.69) is 15.8 Å². The van der Waals surface area contributed by atoms with Crippen LogP contribution in [0.15, 0.2) is 59.1 Å². The summed E-state index contributed by atoms with van der Waals surface area (Å²) in [6, 6.07) is 12.8. The van der Waals surface area contributed by atoms with Gasteiger partial charge in [-0.1, -0.05) is 47.6 Å². The second-order valence-corrected chi connectivity index (χ2v) is 9.99. The van der Waals surface area contributed by atoms with Crippen LogP contribution in [0.25, 0.3) is 11.3 Å². The van der Waals surface area contributed by atoms with Gasteiger partial charge in [-0.2, -0.15) is 0 Å². The molecule has 1 atom stereocenters. The van der Waals surface area contributed by atoms with Gasteiger partial charge in [0.25, 0.3) is 0 Å². The molecule has 1 aliphatic heterocycles. The maximum Gasteiger partial charge on any atom is 0.412 e. The van der Waals surface area contributed by atoms with Crippen molar-refractivity contribution in [3.05, 3.63) is 71.8 Å². The van der Waals surface area contributed by atoms with Gasteiger partial charge in [0.2, 0.25) is 5.91 Å². The average molecular weight is 615 g/mol. The second kappa shape index (κ2) is 14.8. The van der Waals surface area contributed by atoms with Crippen molar-refractivity contribution in [3.63, 3.8) is 0 Å². The maximum atomic E-state index is 14.1. The zero-order chi connectivity index (χ0) is 31.6. The maximum absolute atomic E-state index is 14.1. The summed E-state index contributed by atoms with van der Waals surface area (Å²) in [5.74, 6) is -1.86. The number of carbonyl (C=O) groups is 4. The Morgan fingerprint density at radius 3 is 2.45 bits per heavy atom. The summed E-state index contributed by atoms with van der Waals surface area (Å²) in [6.45, 7) is 0.207. The molecule has 0 unspecified atom stereocenters. The quantitative estimate of drug-likeness (QED) is 0.310. The Morgan fingerprint density at radius 1 is 1.05 bits per heavy atom. The van der Waals surface area contributed by atoms with Crippen molar-refractivity contribution in [1.29, 1.82) is 0 Å². The number of piperazine rings is 1. The van der Waals surface area contributed by atoms with Crippen LogP contribution >= 0.6 is 0 Å². The third kappa shape index (κ3) is 8.42. The van der Waals surface area contributed by atoms with Crippen molar-refractivity contribution in [2.45, 2.75) is 25.4 Å². The van der Waals surface area contributed by atoms with Gasteiger partial charge in [0.1, 0.15) is 6.61 Å². The van der Waals surface area contributed by atoms with E-state index in [-0.39, 0.29) is 69.5 Å².